The molecule has 2 rings (SSSR count). The minimum Gasteiger partial charge on any atom is -0.349 e. The van der Waals surface area contributed by atoms with Gasteiger partial charge in [-0.15, -0.1) is 0 Å². The Bertz CT molecular complexity index is 643. The largest absolute Gasteiger partial charge is 0.416 e. The van der Waals surface area contributed by atoms with Crippen molar-refractivity contribution in [3.05, 3.63) is 35.4 Å². The fraction of sp³-hybridized carbons (Fsp3) is 0.588. The predicted molar refractivity (Wildman–Crippen MR) is 80.9 cm³/mol. The Morgan fingerprint density at radius 2 is 1.92 bits per heavy atom. The minimum absolute atomic E-state index is 0.0425. The molecule has 0 spiro atoms. The van der Waals surface area contributed by atoms with Gasteiger partial charge in [0.1, 0.15) is 0 Å². The molecule has 1 fully saturated rings. The van der Waals surface area contributed by atoms with E-state index < -0.39 is 48.5 Å². The topological polar surface area (TPSA) is 29.5 Å². The molecule has 9 heteroatoms. The third-order valence-corrected chi connectivity index (χ3v) is 4.32. The number of hydrogen-bond acceptors (Lipinski definition) is 2. The SMILES string of the molecule is CCC1CN(C(=O)CC(C)C(F)(F)F)C(c2cccc(C(F)(F)F)c2)O1. The van der Waals surface area contributed by atoms with Crippen molar-refractivity contribution in [3.63, 3.8) is 0 Å². The summed E-state index contributed by atoms with van der Waals surface area (Å²) in [6.07, 6.45) is -11.0. The van der Waals surface area contributed by atoms with Crippen LogP contribution in [0.2, 0.25) is 0 Å². The van der Waals surface area contributed by atoms with E-state index in [1.54, 1.807) is 6.92 Å². The fourth-order valence-corrected chi connectivity index (χ4v) is 2.69. The quantitative estimate of drug-likeness (QED) is 0.690. The first-order valence-corrected chi connectivity index (χ1v) is 8.12. The number of alkyl halides is 6. The molecule has 1 aliphatic rings. The first kappa shape index (κ1) is 20.5. The number of carbonyl (C=O) groups excluding carboxylic acids is 1. The lowest BCUT2D eigenvalue weighted by Gasteiger charge is -2.25. The fourth-order valence-electron chi connectivity index (χ4n) is 2.69. The average Bonchev–Trinajstić information content (AvgIpc) is 2.97. The van der Waals surface area contributed by atoms with Crippen molar-refractivity contribution in [2.45, 2.75) is 51.4 Å². The van der Waals surface area contributed by atoms with Crippen LogP contribution >= 0.6 is 0 Å². The Morgan fingerprint density at radius 1 is 1.27 bits per heavy atom. The average molecular weight is 383 g/mol. The van der Waals surface area contributed by atoms with E-state index in [1.807, 2.05) is 0 Å². The van der Waals surface area contributed by atoms with Gasteiger partial charge in [0.15, 0.2) is 6.23 Å². The van der Waals surface area contributed by atoms with Gasteiger partial charge in [-0.25, -0.2) is 0 Å². The minimum atomic E-state index is -4.57. The van der Waals surface area contributed by atoms with Crippen molar-refractivity contribution in [3.8, 4) is 0 Å². The van der Waals surface area contributed by atoms with E-state index in [0.717, 1.165) is 24.0 Å². The second-order valence-electron chi connectivity index (χ2n) is 6.33. The molecule has 1 aliphatic heterocycles. The summed E-state index contributed by atoms with van der Waals surface area (Å²) < 4.78 is 82.5. The Labute approximate surface area is 146 Å². The molecule has 1 aromatic carbocycles. The normalized spacial score (nSPS) is 22.5. The van der Waals surface area contributed by atoms with Gasteiger partial charge in [-0.2, -0.15) is 26.3 Å². The van der Waals surface area contributed by atoms with Gasteiger partial charge in [0.05, 0.1) is 17.6 Å². The summed E-state index contributed by atoms with van der Waals surface area (Å²) in [7, 11) is 0. The van der Waals surface area contributed by atoms with Crippen LogP contribution in [-0.2, 0) is 15.7 Å². The van der Waals surface area contributed by atoms with Crippen LogP contribution in [0, 0.1) is 5.92 Å². The molecule has 0 saturated carbocycles. The number of hydrogen-bond donors (Lipinski definition) is 0. The maximum absolute atomic E-state index is 12.9. The molecule has 1 aromatic rings. The summed E-state index contributed by atoms with van der Waals surface area (Å²) in [5.74, 6) is -2.65. The van der Waals surface area contributed by atoms with E-state index in [2.05, 4.69) is 0 Å². The highest BCUT2D eigenvalue weighted by Gasteiger charge is 2.42. The Balaban J connectivity index is 2.26. The molecule has 1 amide bonds. The van der Waals surface area contributed by atoms with Crippen molar-refractivity contribution >= 4 is 5.91 Å². The van der Waals surface area contributed by atoms with Gasteiger partial charge < -0.3 is 9.64 Å². The van der Waals surface area contributed by atoms with Gasteiger partial charge in [-0.05, 0) is 18.6 Å². The number of rotatable bonds is 4. The maximum atomic E-state index is 12.9. The lowest BCUT2D eigenvalue weighted by atomic mass is 10.1. The highest BCUT2D eigenvalue weighted by molar-refractivity contribution is 5.77. The van der Waals surface area contributed by atoms with Crippen molar-refractivity contribution in [2.75, 3.05) is 6.54 Å². The Kier molecular flexibility index (Phi) is 5.89. The van der Waals surface area contributed by atoms with Crippen LogP contribution in [0.5, 0.6) is 0 Å². The van der Waals surface area contributed by atoms with Crippen LogP contribution in [0.1, 0.15) is 44.0 Å². The van der Waals surface area contributed by atoms with Crippen LogP contribution in [0.25, 0.3) is 0 Å². The standard InChI is InChI=1S/C17H19F6NO2/c1-3-13-9-24(14(25)7-10(2)16(18,19)20)15(26-13)11-5-4-6-12(8-11)17(21,22)23/h4-6,8,10,13,15H,3,7,9H2,1-2H3. The van der Waals surface area contributed by atoms with Crippen LogP contribution in [0.3, 0.4) is 0 Å². The molecule has 146 valence electrons. The summed E-state index contributed by atoms with van der Waals surface area (Å²) in [5.41, 5.74) is -0.821. The van der Waals surface area contributed by atoms with Gasteiger partial charge in [-0.1, -0.05) is 26.0 Å². The smallest absolute Gasteiger partial charge is 0.349 e. The van der Waals surface area contributed by atoms with E-state index >= 15 is 0 Å². The number of halogens is 6. The zero-order valence-electron chi connectivity index (χ0n) is 14.2. The number of benzene rings is 1. The third kappa shape index (κ3) is 4.69. The van der Waals surface area contributed by atoms with Crippen molar-refractivity contribution in [2.24, 2.45) is 5.92 Å². The van der Waals surface area contributed by atoms with E-state index in [9.17, 15) is 31.1 Å². The molecule has 0 aliphatic carbocycles. The summed E-state index contributed by atoms with van der Waals surface area (Å²) in [6.45, 7) is 2.70. The van der Waals surface area contributed by atoms with E-state index in [4.69, 9.17) is 4.74 Å². The lowest BCUT2D eigenvalue weighted by molar-refractivity contribution is -0.177. The first-order valence-electron chi connectivity index (χ1n) is 8.12. The lowest BCUT2D eigenvalue weighted by Crippen LogP contribution is -2.35. The van der Waals surface area contributed by atoms with E-state index in [1.165, 1.54) is 12.1 Å². The zero-order chi connectivity index (χ0) is 19.7. The van der Waals surface area contributed by atoms with Crippen LogP contribution in [0.4, 0.5) is 26.3 Å². The molecule has 26 heavy (non-hydrogen) atoms. The molecule has 0 bridgehead atoms. The van der Waals surface area contributed by atoms with Gasteiger partial charge in [0.25, 0.3) is 0 Å². The Hall–Kier alpha value is -1.77. The summed E-state index contributed by atoms with van der Waals surface area (Å²) in [4.78, 5) is 13.4. The molecule has 1 heterocycles. The van der Waals surface area contributed by atoms with Crippen LogP contribution < -0.4 is 0 Å². The third-order valence-electron chi connectivity index (χ3n) is 4.32. The molecular weight excluding hydrogens is 364 g/mol. The predicted octanol–water partition coefficient (Wildman–Crippen LogP) is 4.93. The van der Waals surface area contributed by atoms with Crippen LogP contribution in [-0.4, -0.2) is 29.6 Å². The monoisotopic (exact) mass is 383 g/mol. The van der Waals surface area contributed by atoms with Crippen LogP contribution in [0.15, 0.2) is 24.3 Å². The Morgan fingerprint density at radius 3 is 2.46 bits per heavy atom. The molecule has 3 atom stereocenters. The molecular formula is C17H19F6NO2. The highest BCUT2D eigenvalue weighted by atomic mass is 19.4. The number of amides is 1. The second kappa shape index (κ2) is 7.46. The highest BCUT2D eigenvalue weighted by Crippen LogP contribution is 2.37. The molecule has 0 aromatic heterocycles. The number of carbonyl (C=O) groups is 1. The van der Waals surface area contributed by atoms with E-state index in [-0.39, 0.29) is 12.1 Å². The molecule has 0 radical (unpaired) electrons. The molecule has 3 unspecified atom stereocenters. The molecule has 3 nitrogen and oxygen atoms in total. The zero-order valence-corrected chi connectivity index (χ0v) is 14.2. The van der Waals surface area contributed by atoms with Crippen molar-refractivity contribution < 1.29 is 35.9 Å². The maximum Gasteiger partial charge on any atom is 0.416 e. The van der Waals surface area contributed by atoms with Crippen molar-refractivity contribution in [1.82, 2.24) is 4.90 Å². The van der Waals surface area contributed by atoms with Gasteiger partial charge >= 0.3 is 12.4 Å². The van der Waals surface area contributed by atoms with Gasteiger partial charge in [-0.3, -0.25) is 4.79 Å². The van der Waals surface area contributed by atoms with Crippen molar-refractivity contribution in [1.29, 1.82) is 0 Å². The summed E-state index contributed by atoms with van der Waals surface area (Å²) >= 11 is 0. The molecule has 1 saturated heterocycles. The number of ether oxygens (including phenoxy) is 1. The summed E-state index contributed by atoms with van der Waals surface area (Å²) in [5, 5.41) is 0. The second-order valence-corrected chi connectivity index (χ2v) is 6.33. The molecule has 0 N–H and O–H groups in total. The number of nitrogens with zero attached hydrogens (tertiary/aromatic N) is 1. The van der Waals surface area contributed by atoms with Gasteiger partial charge in [0, 0.05) is 18.5 Å². The first-order chi connectivity index (χ1) is 11.9. The van der Waals surface area contributed by atoms with Gasteiger partial charge in [0.2, 0.25) is 5.91 Å². The summed E-state index contributed by atoms with van der Waals surface area (Å²) in [6, 6.07) is 4.29. The van der Waals surface area contributed by atoms with E-state index in [0.29, 0.717) is 6.42 Å².